The molecule has 98 valence electrons. The topological polar surface area (TPSA) is 41.1 Å². The second-order valence-corrected chi connectivity index (χ2v) is 6.71. The lowest BCUT2D eigenvalue weighted by molar-refractivity contribution is -0.120. The monoisotopic (exact) mass is 238 g/mol. The van der Waals surface area contributed by atoms with Crippen LogP contribution in [-0.2, 0) is 4.79 Å². The molecule has 0 heterocycles. The molecule has 3 nitrogen and oxygen atoms in total. The van der Waals surface area contributed by atoms with E-state index < -0.39 is 0 Å². The molecule has 0 aromatic rings. The molecule has 0 aromatic carbocycles. The molecule has 0 radical (unpaired) electrons. The van der Waals surface area contributed by atoms with Gasteiger partial charge in [-0.1, -0.05) is 20.8 Å². The summed E-state index contributed by atoms with van der Waals surface area (Å²) in [5.41, 5.74) is 0.480. The van der Waals surface area contributed by atoms with Crippen LogP contribution in [0.3, 0.4) is 0 Å². The van der Waals surface area contributed by atoms with Crippen molar-refractivity contribution in [2.75, 3.05) is 6.54 Å². The van der Waals surface area contributed by atoms with Crippen LogP contribution in [-0.4, -0.2) is 24.5 Å². The van der Waals surface area contributed by atoms with Gasteiger partial charge in [-0.25, -0.2) is 0 Å². The highest BCUT2D eigenvalue weighted by Gasteiger charge is 2.32. The normalized spacial score (nSPS) is 32.2. The number of nitrogens with one attached hydrogen (secondary N) is 2. The zero-order valence-electron chi connectivity index (χ0n) is 11.4. The van der Waals surface area contributed by atoms with Gasteiger partial charge in [0, 0.05) is 12.1 Å². The molecule has 2 fully saturated rings. The van der Waals surface area contributed by atoms with Crippen LogP contribution in [0.4, 0.5) is 0 Å². The van der Waals surface area contributed by atoms with Crippen LogP contribution in [0.5, 0.6) is 0 Å². The van der Waals surface area contributed by atoms with Crippen molar-refractivity contribution < 1.29 is 4.79 Å². The number of amides is 1. The Bertz CT molecular complexity index is 284. The Morgan fingerprint density at radius 1 is 1.29 bits per heavy atom. The molecule has 2 rings (SSSR count). The van der Waals surface area contributed by atoms with Crippen molar-refractivity contribution in [2.45, 2.75) is 65.0 Å². The van der Waals surface area contributed by atoms with Crippen LogP contribution in [0, 0.1) is 11.3 Å². The van der Waals surface area contributed by atoms with E-state index in [1.54, 1.807) is 0 Å². The molecule has 0 aromatic heterocycles. The summed E-state index contributed by atoms with van der Waals surface area (Å²) in [5.74, 6) is 0.844. The van der Waals surface area contributed by atoms with Crippen LogP contribution in [0.2, 0.25) is 0 Å². The van der Waals surface area contributed by atoms with Crippen LogP contribution in [0.1, 0.15) is 52.9 Å². The van der Waals surface area contributed by atoms with Crippen molar-refractivity contribution in [2.24, 2.45) is 11.3 Å². The van der Waals surface area contributed by atoms with Gasteiger partial charge >= 0.3 is 0 Å². The number of carbonyl (C=O) groups is 1. The third kappa shape index (κ3) is 3.98. The van der Waals surface area contributed by atoms with Gasteiger partial charge in [-0.3, -0.25) is 4.79 Å². The lowest BCUT2D eigenvalue weighted by Gasteiger charge is -2.39. The lowest BCUT2D eigenvalue weighted by atomic mass is 9.70. The van der Waals surface area contributed by atoms with Crippen molar-refractivity contribution in [1.82, 2.24) is 10.6 Å². The molecule has 2 atom stereocenters. The molecule has 0 saturated heterocycles. The number of carbonyl (C=O) groups excluding carboxylic acids is 1. The average molecular weight is 238 g/mol. The van der Waals surface area contributed by atoms with Gasteiger partial charge in [0.1, 0.15) is 0 Å². The number of hydrogen-bond donors (Lipinski definition) is 2. The van der Waals surface area contributed by atoms with Gasteiger partial charge in [0.25, 0.3) is 0 Å². The summed E-state index contributed by atoms with van der Waals surface area (Å²) in [6.45, 7) is 7.49. The summed E-state index contributed by atoms with van der Waals surface area (Å²) >= 11 is 0. The van der Waals surface area contributed by atoms with E-state index in [0.29, 0.717) is 30.0 Å². The van der Waals surface area contributed by atoms with Gasteiger partial charge in [0.15, 0.2) is 0 Å². The first kappa shape index (κ1) is 12.9. The highest BCUT2D eigenvalue weighted by molar-refractivity contribution is 5.78. The molecule has 0 aliphatic heterocycles. The van der Waals surface area contributed by atoms with Crippen molar-refractivity contribution >= 4 is 5.91 Å². The second kappa shape index (κ2) is 4.97. The lowest BCUT2D eigenvalue weighted by Crippen LogP contribution is -2.46. The van der Waals surface area contributed by atoms with E-state index in [4.69, 9.17) is 0 Å². The first-order valence-electron chi connectivity index (χ1n) is 6.99. The van der Waals surface area contributed by atoms with Crippen LogP contribution < -0.4 is 10.6 Å². The predicted molar refractivity (Wildman–Crippen MR) is 69.8 cm³/mol. The fourth-order valence-electron chi connectivity index (χ4n) is 2.98. The van der Waals surface area contributed by atoms with E-state index in [1.807, 2.05) is 0 Å². The number of rotatable bonds is 4. The van der Waals surface area contributed by atoms with Crippen molar-refractivity contribution in [1.29, 1.82) is 0 Å². The van der Waals surface area contributed by atoms with E-state index in [9.17, 15) is 4.79 Å². The highest BCUT2D eigenvalue weighted by Crippen LogP contribution is 2.38. The Morgan fingerprint density at radius 2 is 2.00 bits per heavy atom. The predicted octanol–water partition coefficient (Wildman–Crippen LogP) is 2.07. The van der Waals surface area contributed by atoms with E-state index in [2.05, 4.69) is 31.4 Å². The molecule has 2 N–H and O–H groups in total. The van der Waals surface area contributed by atoms with Crippen LogP contribution in [0.15, 0.2) is 0 Å². The van der Waals surface area contributed by atoms with Gasteiger partial charge in [-0.2, -0.15) is 0 Å². The average Bonchev–Trinajstić information content (AvgIpc) is 2.99. The first-order valence-corrected chi connectivity index (χ1v) is 6.99. The molecular formula is C14H26N2O. The van der Waals surface area contributed by atoms with Gasteiger partial charge in [0.2, 0.25) is 5.91 Å². The Balaban J connectivity index is 1.70. The van der Waals surface area contributed by atoms with Crippen molar-refractivity contribution in [3.05, 3.63) is 0 Å². The fraction of sp³-hybridized carbons (Fsp3) is 0.929. The van der Waals surface area contributed by atoms with Crippen molar-refractivity contribution in [3.63, 3.8) is 0 Å². The molecule has 0 bridgehead atoms. The summed E-state index contributed by atoms with van der Waals surface area (Å²) in [6, 6.07) is 1.000. The highest BCUT2D eigenvalue weighted by atomic mass is 16.2. The fourth-order valence-corrected chi connectivity index (χ4v) is 2.98. The van der Waals surface area contributed by atoms with Gasteiger partial charge in [0.05, 0.1) is 6.54 Å². The van der Waals surface area contributed by atoms with E-state index in [-0.39, 0.29) is 5.91 Å². The minimum atomic E-state index is 0.171. The quantitative estimate of drug-likeness (QED) is 0.787. The summed E-state index contributed by atoms with van der Waals surface area (Å²) < 4.78 is 0. The zero-order chi connectivity index (χ0) is 12.5. The van der Waals surface area contributed by atoms with Crippen LogP contribution in [0.25, 0.3) is 0 Å². The maximum atomic E-state index is 11.6. The SMILES string of the molecule is CC1CC(C)(C)CCC1NCC(=O)NC1CC1. The molecule has 2 saturated carbocycles. The van der Waals surface area contributed by atoms with E-state index >= 15 is 0 Å². The maximum absolute atomic E-state index is 11.6. The standard InChI is InChI=1S/C14H26N2O/c1-10-8-14(2,3)7-6-12(10)15-9-13(17)16-11-4-5-11/h10-12,15H,4-9H2,1-3H3,(H,16,17). The third-order valence-corrected chi connectivity index (χ3v) is 4.16. The minimum Gasteiger partial charge on any atom is -0.352 e. The Hall–Kier alpha value is -0.570. The summed E-state index contributed by atoms with van der Waals surface area (Å²) in [4.78, 5) is 11.6. The molecule has 2 aliphatic rings. The smallest absolute Gasteiger partial charge is 0.234 e. The molecule has 0 spiro atoms. The van der Waals surface area contributed by atoms with Gasteiger partial charge in [-0.05, 0) is 43.4 Å². The maximum Gasteiger partial charge on any atom is 0.234 e. The minimum absolute atomic E-state index is 0.171. The van der Waals surface area contributed by atoms with E-state index in [1.165, 1.54) is 32.1 Å². The largest absolute Gasteiger partial charge is 0.352 e. The summed E-state index contributed by atoms with van der Waals surface area (Å²) in [6.07, 6.45) is 6.05. The molecule has 17 heavy (non-hydrogen) atoms. The van der Waals surface area contributed by atoms with Gasteiger partial charge < -0.3 is 10.6 Å². The first-order chi connectivity index (χ1) is 7.96. The Labute approximate surface area is 105 Å². The second-order valence-electron chi connectivity index (χ2n) is 6.71. The molecule has 1 amide bonds. The Kier molecular flexibility index (Phi) is 3.76. The number of hydrogen-bond acceptors (Lipinski definition) is 2. The third-order valence-electron chi connectivity index (χ3n) is 4.16. The Morgan fingerprint density at radius 3 is 2.59 bits per heavy atom. The van der Waals surface area contributed by atoms with Crippen LogP contribution >= 0.6 is 0 Å². The van der Waals surface area contributed by atoms with E-state index in [0.717, 1.165) is 0 Å². The molecular weight excluding hydrogens is 212 g/mol. The van der Waals surface area contributed by atoms with Gasteiger partial charge in [-0.15, -0.1) is 0 Å². The molecule has 2 aliphatic carbocycles. The molecule has 2 unspecified atom stereocenters. The summed E-state index contributed by atoms with van der Waals surface area (Å²) in [7, 11) is 0. The summed E-state index contributed by atoms with van der Waals surface area (Å²) in [5, 5.41) is 6.45. The zero-order valence-corrected chi connectivity index (χ0v) is 11.4. The van der Waals surface area contributed by atoms with Crippen molar-refractivity contribution in [3.8, 4) is 0 Å². The molecule has 3 heteroatoms.